The van der Waals surface area contributed by atoms with Crippen LogP contribution in [0.4, 0.5) is 0 Å². The van der Waals surface area contributed by atoms with Crippen LogP contribution in [0.25, 0.3) is 0 Å². The molecule has 0 aromatic rings. The molecule has 1 atom stereocenters. The molecule has 0 aliphatic heterocycles. The van der Waals surface area contributed by atoms with Crippen LogP contribution in [0, 0.1) is 0 Å². The Morgan fingerprint density at radius 2 is 2.00 bits per heavy atom. The van der Waals surface area contributed by atoms with E-state index >= 15 is 0 Å². The molecule has 0 fully saturated rings. The number of hydrogen-bond donors (Lipinski definition) is 0. The van der Waals surface area contributed by atoms with E-state index in [1.807, 2.05) is 6.92 Å². The molecule has 0 N–H and O–H groups in total. The second kappa shape index (κ2) is 5.15. The summed E-state index contributed by atoms with van der Waals surface area (Å²) >= 11 is 15.9. The summed E-state index contributed by atoms with van der Waals surface area (Å²) < 4.78 is 2.86. The lowest BCUT2D eigenvalue weighted by Crippen LogP contribution is -2.26. The molecule has 0 amide bonds. The van der Waals surface area contributed by atoms with Gasteiger partial charge in [0.2, 0.25) is 0 Å². The highest BCUT2D eigenvalue weighted by molar-refractivity contribution is 6.75. The summed E-state index contributed by atoms with van der Waals surface area (Å²) in [4.78, 5) is 10.9. The Morgan fingerprint density at radius 3 is 2.33 bits per heavy atom. The minimum Gasteiger partial charge on any atom is -0.460 e. The van der Waals surface area contributed by atoms with Crippen molar-refractivity contribution in [1.82, 2.24) is 0 Å². The normalized spacial score (nSPS) is 14.1. The summed E-state index contributed by atoms with van der Waals surface area (Å²) in [5, 5.41) is 0. The van der Waals surface area contributed by atoms with Crippen molar-refractivity contribution in [1.29, 1.82) is 0 Å². The van der Waals surface area contributed by atoms with Crippen LogP contribution >= 0.6 is 34.8 Å². The van der Waals surface area contributed by atoms with Crippen molar-refractivity contribution < 1.29 is 9.53 Å². The number of esters is 1. The molecule has 0 aliphatic rings. The van der Waals surface area contributed by atoms with Crippen molar-refractivity contribution in [3.63, 3.8) is 0 Å². The lowest BCUT2D eigenvalue weighted by molar-refractivity contribution is -0.147. The van der Waals surface area contributed by atoms with Gasteiger partial charge < -0.3 is 4.74 Å². The van der Waals surface area contributed by atoms with Crippen molar-refractivity contribution in [2.45, 2.75) is 36.6 Å². The van der Waals surface area contributed by atoms with Gasteiger partial charge in [0.05, 0.1) is 6.10 Å². The minimum atomic E-state index is -1.96. The van der Waals surface area contributed by atoms with E-state index < -0.39 is 9.76 Å². The van der Waals surface area contributed by atoms with Gasteiger partial charge in [0.1, 0.15) is 0 Å². The standard InChI is InChI=1S/C7H11Cl3O2/c1-3-4-5(2)12-6(11)7(8,9)10/h5H,3-4H2,1-2H3. The van der Waals surface area contributed by atoms with Gasteiger partial charge in [-0.05, 0) is 13.3 Å². The van der Waals surface area contributed by atoms with Crippen molar-refractivity contribution in [3.8, 4) is 0 Å². The van der Waals surface area contributed by atoms with Crippen LogP contribution in [0.2, 0.25) is 0 Å². The molecule has 0 bridgehead atoms. The SMILES string of the molecule is CCCC(C)OC(=O)C(Cl)(Cl)Cl. The first-order valence-corrected chi connectivity index (χ1v) is 4.79. The Bertz CT molecular complexity index is 153. The van der Waals surface area contributed by atoms with Crippen LogP contribution < -0.4 is 0 Å². The number of ether oxygens (including phenoxy) is 1. The van der Waals surface area contributed by atoms with Crippen LogP contribution in [0.15, 0.2) is 0 Å². The molecule has 1 unspecified atom stereocenters. The number of carbonyl (C=O) groups is 1. The van der Waals surface area contributed by atoms with Gasteiger partial charge in [-0.25, -0.2) is 4.79 Å². The summed E-state index contributed by atoms with van der Waals surface area (Å²) in [6.07, 6.45) is 1.50. The molecule has 0 heterocycles. The monoisotopic (exact) mass is 232 g/mol. The molecule has 72 valence electrons. The van der Waals surface area contributed by atoms with E-state index in [-0.39, 0.29) is 6.10 Å². The molecule has 0 rings (SSSR count). The van der Waals surface area contributed by atoms with Gasteiger partial charge in [0.15, 0.2) is 0 Å². The first-order chi connectivity index (χ1) is 5.38. The zero-order valence-corrected chi connectivity index (χ0v) is 9.21. The maximum absolute atomic E-state index is 10.9. The average molecular weight is 234 g/mol. The van der Waals surface area contributed by atoms with Crippen LogP contribution in [0.5, 0.6) is 0 Å². The van der Waals surface area contributed by atoms with E-state index in [0.29, 0.717) is 0 Å². The maximum atomic E-state index is 10.9. The summed E-state index contributed by atoms with van der Waals surface area (Å²) in [6.45, 7) is 3.75. The molecule has 0 saturated heterocycles. The largest absolute Gasteiger partial charge is 0.460 e. The molecular formula is C7H11Cl3O2. The van der Waals surface area contributed by atoms with E-state index in [1.165, 1.54) is 0 Å². The Hall–Kier alpha value is 0.340. The zero-order valence-electron chi connectivity index (χ0n) is 6.94. The maximum Gasteiger partial charge on any atom is 0.358 e. The van der Waals surface area contributed by atoms with Crippen LogP contribution in [0.1, 0.15) is 26.7 Å². The predicted molar refractivity (Wildman–Crippen MR) is 50.8 cm³/mol. The summed E-state index contributed by atoms with van der Waals surface area (Å²) in [5.41, 5.74) is 0. The van der Waals surface area contributed by atoms with E-state index in [9.17, 15) is 4.79 Å². The van der Waals surface area contributed by atoms with Crippen molar-refractivity contribution in [3.05, 3.63) is 0 Å². The molecule has 0 aromatic carbocycles. The van der Waals surface area contributed by atoms with E-state index in [0.717, 1.165) is 12.8 Å². The highest BCUT2D eigenvalue weighted by atomic mass is 35.6. The van der Waals surface area contributed by atoms with Gasteiger partial charge in [-0.1, -0.05) is 48.1 Å². The summed E-state index contributed by atoms with van der Waals surface area (Å²) in [7, 11) is 0. The van der Waals surface area contributed by atoms with Gasteiger partial charge >= 0.3 is 5.97 Å². The molecule has 0 aliphatic carbocycles. The molecule has 0 aromatic heterocycles. The third-order valence-corrected chi connectivity index (χ3v) is 1.70. The number of carbonyl (C=O) groups excluding carboxylic acids is 1. The van der Waals surface area contributed by atoms with Gasteiger partial charge in [-0.3, -0.25) is 0 Å². The first-order valence-electron chi connectivity index (χ1n) is 3.65. The lowest BCUT2D eigenvalue weighted by Gasteiger charge is -2.15. The van der Waals surface area contributed by atoms with Crippen molar-refractivity contribution >= 4 is 40.8 Å². The second-order valence-corrected chi connectivity index (χ2v) is 4.78. The Morgan fingerprint density at radius 1 is 1.50 bits per heavy atom. The highest BCUT2D eigenvalue weighted by Crippen LogP contribution is 2.28. The van der Waals surface area contributed by atoms with Crippen LogP contribution in [-0.2, 0) is 9.53 Å². The Labute approximate surface area is 87.1 Å². The fourth-order valence-corrected chi connectivity index (χ4v) is 0.849. The third-order valence-electron chi connectivity index (χ3n) is 1.23. The number of halogens is 3. The van der Waals surface area contributed by atoms with E-state index in [1.54, 1.807) is 6.92 Å². The lowest BCUT2D eigenvalue weighted by atomic mass is 10.2. The van der Waals surface area contributed by atoms with Gasteiger partial charge in [-0.2, -0.15) is 0 Å². The smallest absolute Gasteiger partial charge is 0.358 e. The first kappa shape index (κ1) is 12.3. The van der Waals surface area contributed by atoms with Gasteiger partial charge in [-0.15, -0.1) is 0 Å². The Kier molecular flexibility index (Phi) is 5.30. The predicted octanol–water partition coefficient (Wildman–Crippen LogP) is 3.09. The summed E-state index contributed by atoms with van der Waals surface area (Å²) in [5.74, 6) is -0.812. The molecule has 0 radical (unpaired) electrons. The zero-order chi connectivity index (χ0) is 9.78. The molecule has 0 saturated carbocycles. The number of rotatable bonds is 3. The minimum absolute atomic E-state index is 0.196. The Balaban J connectivity index is 3.85. The van der Waals surface area contributed by atoms with Crippen LogP contribution in [0.3, 0.4) is 0 Å². The fourth-order valence-electron chi connectivity index (χ4n) is 0.715. The third kappa shape index (κ3) is 5.07. The molecule has 12 heavy (non-hydrogen) atoms. The fraction of sp³-hybridized carbons (Fsp3) is 0.857. The topological polar surface area (TPSA) is 26.3 Å². The number of hydrogen-bond acceptors (Lipinski definition) is 2. The molecular weight excluding hydrogens is 222 g/mol. The van der Waals surface area contributed by atoms with Crippen LogP contribution in [-0.4, -0.2) is 15.9 Å². The second-order valence-electron chi connectivity index (χ2n) is 2.50. The van der Waals surface area contributed by atoms with Gasteiger partial charge in [0.25, 0.3) is 3.79 Å². The molecule has 0 spiro atoms. The molecule has 2 nitrogen and oxygen atoms in total. The highest BCUT2D eigenvalue weighted by Gasteiger charge is 2.33. The molecule has 5 heteroatoms. The average Bonchev–Trinajstić information content (AvgIpc) is 1.85. The van der Waals surface area contributed by atoms with Crippen molar-refractivity contribution in [2.75, 3.05) is 0 Å². The van der Waals surface area contributed by atoms with E-state index in [4.69, 9.17) is 39.5 Å². The number of alkyl halides is 3. The van der Waals surface area contributed by atoms with Crippen molar-refractivity contribution in [2.24, 2.45) is 0 Å². The van der Waals surface area contributed by atoms with E-state index in [2.05, 4.69) is 0 Å². The quantitative estimate of drug-likeness (QED) is 0.553. The van der Waals surface area contributed by atoms with Gasteiger partial charge in [0, 0.05) is 0 Å². The summed E-state index contributed by atoms with van der Waals surface area (Å²) in [6, 6.07) is 0.